The van der Waals surface area contributed by atoms with E-state index < -0.39 is 0 Å². The SMILES string of the molecule is CCC1CCN(c2c(N)c(C)nn2C(C)C)CC1. The summed E-state index contributed by atoms with van der Waals surface area (Å²) >= 11 is 0. The predicted molar refractivity (Wildman–Crippen MR) is 77.0 cm³/mol. The largest absolute Gasteiger partial charge is 0.394 e. The average Bonchev–Trinajstić information content (AvgIpc) is 2.66. The van der Waals surface area contributed by atoms with E-state index in [2.05, 4.69) is 35.5 Å². The minimum atomic E-state index is 0.361. The third kappa shape index (κ3) is 2.33. The van der Waals surface area contributed by atoms with Gasteiger partial charge >= 0.3 is 0 Å². The molecule has 1 aromatic rings. The van der Waals surface area contributed by atoms with Crippen molar-refractivity contribution in [3.05, 3.63) is 5.69 Å². The monoisotopic (exact) mass is 250 g/mol. The van der Waals surface area contributed by atoms with Crippen molar-refractivity contribution >= 4 is 11.5 Å². The van der Waals surface area contributed by atoms with E-state index in [1.165, 1.54) is 19.3 Å². The molecule has 1 fully saturated rings. The van der Waals surface area contributed by atoms with Gasteiger partial charge in [-0.15, -0.1) is 0 Å². The van der Waals surface area contributed by atoms with Crippen LogP contribution >= 0.6 is 0 Å². The lowest BCUT2D eigenvalue weighted by molar-refractivity contribution is 0.387. The molecule has 0 amide bonds. The fraction of sp³-hybridized carbons (Fsp3) is 0.786. The summed E-state index contributed by atoms with van der Waals surface area (Å²) < 4.78 is 2.08. The number of piperidine rings is 1. The standard InChI is InChI=1S/C14H26N4/c1-5-12-6-8-17(9-7-12)14-13(15)11(4)16-18(14)10(2)3/h10,12H,5-9,15H2,1-4H3. The van der Waals surface area contributed by atoms with Gasteiger partial charge in [-0.3, -0.25) is 0 Å². The van der Waals surface area contributed by atoms with E-state index in [0.717, 1.165) is 36.2 Å². The van der Waals surface area contributed by atoms with Gasteiger partial charge in [0.15, 0.2) is 5.82 Å². The predicted octanol–water partition coefficient (Wildman–Crippen LogP) is 2.98. The number of nitrogens with two attached hydrogens (primary N) is 1. The van der Waals surface area contributed by atoms with Crippen molar-refractivity contribution in [1.29, 1.82) is 0 Å². The number of nitrogens with zero attached hydrogens (tertiary/aromatic N) is 3. The Kier molecular flexibility index (Phi) is 3.83. The second kappa shape index (κ2) is 5.21. The van der Waals surface area contributed by atoms with Crippen LogP contribution in [0.25, 0.3) is 0 Å². The summed E-state index contributed by atoms with van der Waals surface area (Å²) in [4.78, 5) is 2.42. The van der Waals surface area contributed by atoms with Crippen molar-refractivity contribution in [2.75, 3.05) is 23.7 Å². The number of aryl methyl sites for hydroxylation is 1. The number of hydrogen-bond acceptors (Lipinski definition) is 3. The minimum absolute atomic E-state index is 0.361. The van der Waals surface area contributed by atoms with E-state index in [1.807, 2.05) is 6.92 Å². The molecular weight excluding hydrogens is 224 g/mol. The zero-order chi connectivity index (χ0) is 13.3. The van der Waals surface area contributed by atoms with Crippen LogP contribution in [0.1, 0.15) is 51.8 Å². The zero-order valence-corrected chi connectivity index (χ0v) is 12.1. The molecule has 4 nitrogen and oxygen atoms in total. The molecule has 0 spiro atoms. The van der Waals surface area contributed by atoms with Crippen LogP contribution in [0.3, 0.4) is 0 Å². The highest BCUT2D eigenvalue weighted by Gasteiger charge is 2.24. The lowest BCUT2D eigenvalue weighted by atomic mass is 9.94. The first-order chi connectivity index (χ1) is 8.54. The van der Waals surface area contributed by atoms with Crippen LogP contribution in [0.15, 0.2) is 0 Å². The summed E-state index contributed by atoms with van der Waals surface area (Å²) in [7, 11) is 0. The highest BCUT2D eigenvalue weighted by molar-refractivity contribution is 5.66. The maximum Gasteiger partial charge on any atom is 0.150 e. The normalized spacial score (nSPS) is 17.7. The maximum atomic E-state index is 6.21. The first-order valence-electron chi connectivity index (χ1n) is 7.14. The van der Waals surface area contributed by atoms with Gasteiger partial charge in [-0.25, -0.2) is 4.68 Å². The van der Waals surface area contributed by atoms with Crippen LogP contribution in [-0.2, 0) is 0 Å². The molecule has 0 atom stereocenters. The third-order valence-electron chi connectivity index (χ3n) is 4.09. The first kappa shape index (κ1) is 13.2. The topological polar surface area (TPSA) is 47.1 Å². The molecule has 0 aliphatic carbocycles. The van der Waals surface area contributed by atoms with Crippen LogP contribution in [0.4, 0.5) is 11.5 Å². The highest BCUT2D eigenvalue weighted by Crippen LogP contribution is 2.32. The lowest BCUT2D eigenvalue weighted by Crippen LogP contribution is -2.35. The minimum Gasteiger partial charge on any atom is -0.394 e. The average molecular weight is 250 g/mol. The van der Waals surface area contributed by atoms with E-state index in [0.29, 0.717) is 6.04 Å². The Morgan fingerprint density at radius 1 is 1.33 bits per heavy atom. The number of anilines is 2. The van der Waals surface area contributed by atoms with Gasteiger partial charge in [0.2, 0.25) is 0 Å². The van der Waals surface area contributed by atoms with Crippen LogP contribution in [0, 0.1) is 12.8 Å². The summed E-state index contributed by atoms with van der Waals surface area (Å²) in [5.41, 5.74) is 8.03. The van der Waals surface area contributed by atoms with Crippen LogP contribution in [-0.4, -0.2) is 22.9 Å². The van der Waals surface area contributed by atoms with Crippen LogP contribution in [0.2, 0.25) is 0 Å². The van der Waals surface area contributed by atoms with Crippen molar-refractivity contribution in [2.24, 2.45) is 5.92 Å². The quantitative estimate of drug-likeness (QED) is 0.897. The zero-order valence-electron chi connectivity index (χ0n) is 12.1. The molecule has 2 N–H and O–H groups in total. The summed E-state index contributed by atoms with van der Waals surface area (Å²) in [6.45, 7) is 10.8. The Morgan fingerprint density at radius 2 is 1.94 bits per heavy atom. The van der Waals surface area contributed by atoms with Crippen molar-refractivity contribution in [3.8, 4) is 0 Å². The van der Waals surface area contributed by atoms with Gasteiger partial charge in [0, 0.05) is 19.1 Å². The van der Waals surface area contributed by atoms with E-state index in [4.69, 9.17) is 5.73 Å². The molecule has 1 aliphatic rings. The Morgan fingerprint density at radius 3 is 2.44 bits per heavy atom. The summed E-state index contributed by atoms with van der Waals surface area (Å²) in [5, 5.41) is 4.57. The summed E-state index contributed by atoms with van der Waals surface area (Å²) in [6, 6.07) is 0.361. The van der Waals surface area contributed by atoms with Gasteiger partial charge in [0.25, 0.3) is 0 Å². The third-order valence-corrected chi connectivity index (χ3v) is 4.09. The molecule has 1 saturated heterocycles. The molecule has 1 aliphatic heterocycles. The van der Waals surface area contributed by atoms with E-state index in [9.17, 15) is 0 Å². The second-order valence-corrected chi connectivity index (χ2v) is 5.70. The van der Waals surface area contributed by atoms with Crippen LogP contribution < -0.4 is 10.6 Å². The lowest BCUT2D eigenvalue weighted by Gasteiger charge is -2.34. The molecule has 0 saturated carbocycles. The Bertz CT molecular complexity index is 400. The highest BCUT2D eigenvalue weighted by atomic mass is 15.4. The smallest absolute Gasteiger partial charge is 0.150 e. The summed E-state index contributed by atoms with van der Waals surface area (Å²) in [6.07, 6.45) is 3.85. The van der Waals surface area contributed by atoms with E-state index in [1.54, 1.807) is 0 Å². The molecule has 0 bridgehead atoms. The van der Waals surface area contributed by atoms with Gasteiger partial charge in [0.05, 0.1) is 11.4 Å². The molecule has 4 heteroatoms. The van der Waals surface area contributed by atoms with Crippen molar-refractivity contribution in [1.82, 2.24) is 9.78 Å². The number of rotatable bonds is 3. The molecule has 102 valence electrons. The van der Waals surface area contributed by atoms with Crippen molar-refractivity contribution in [2.45, 2.75) is 53.0 Å². The van der Waals surface area contributed by atoms with Gasteiger partial charge in [-0.05, 0) is 39.5 Å². The summed E-state index contributed by atoms with van der Waals surface area (Å²) in [5.74, 6) is 2.02. The molecule has 0 unspecified atom stereocenters. The fourth-order valence-electron chi connectivity index (χ4n) is 2.78. The number of hydrogen-bond donors (Lipinski definition) is 1. The van der Waals surface area contributed by atoms with Gasteiger partial charge in [0.1, 0.15) is 0 Å². The van der Waals surface area contributed by atoms with E-state index >= 15 is 0 Å². The van der Waals surface area contributed by atoms with Crippen LogP contribution in [0.5, 0.6) is 0 Å². The van der Waals surface area contributed by atoms with Gasteiger partial charge in [-0.2, -0.15) is 5.10 Å². The number of nitrogen functional groups attached to an aromatic ring is 1. The van der Waals surface area contributed by atoms with Gasteiger partial charge < -0.3 is 10.6 Å². The van der Waals surface area contributed by atoms with Crippen molar-refractivity contribution < 1.29 is 0 Å². The molecule has 2 rings (SSSR count). The molecule has 18 heavy (non-hydrogen) atoms. The van der Waals surface area contributed by atoms with E-state index in [-0.39, 0.29) is 0 Å². The molecule has 0 aromatic carbocycles. The Labute approximate surface area is 110 Å². The molecule has 2 heterocycles. The molecule has 1 aromatic heterocycles. The van der Waals surface area contributed by atoms with Gasteiger partial charge in [-0.1, -0.05) is 13.3 Å². The van der Waals surface area contributed by atoms with Crippen molar-refractivity contribution in [3.63, 3.8) is 0 Å². The molecular formula is C14H26N4. The Hall–Kier alpha value is -1.19. The first-order valence-corrected chi connectivity index (χ1v) is 7.14. The second-order valence-electron chi connectivity index (χ2n) is 5.70. The fourth-order valence-corrected chi connectivity index (χ4v) is 2.78. The Balaban J connectivity index is 2.23. The number of aromatic nitrogens is 2. The maximum absolute atomic E-state index is 6.21. The molecule has 0 radical (unpaired) electrons.